The summed E-state index contributed by atoms with van der Waals surface area (Å²) in [4.78, 5) is 19.7. The summed E-state index contributed by atoms with van der Waals surface area (Å²) in [5, 5.41) is 8.29. The zero-order valence-corrected chi connectivity index (χ0v) is 28.1. The Labute approximate surface area is 270 Å². The lowest BCUT2D eigenvalue weighted by Crippen LogP contribution is -2.56. The zero-order valence-electron chi connectivity index (χ0n) is 26.5. The van der Waals surface area contributed by atoms with E-state index in [1.165, 1.54) is 22.6 Å². The fourth-order valence-corrected chi connectivity index (χ4v) is 7.29. The highest BCUT2D eigenvalue weighted by atomic mass is 32.2. The second-order valence-corrected chi connectivity index (χ2v) is 14.0. The molecule has 254 valence electrons. The molecule has 0 radical (unpaired) electrons. The number of piperazine rings is 1. The average molecular weight is 682 g/mol. The maximum Gasteiger partial charge on any atom is 0.294 e. The minimum Gasteiger partial charge on any atom is -0.478 e. The predicted octanol–water partition coefficient (Wildman–Crippen LogP) is 0.915. The van der Waals surface area contributed by atoms with Crippen LogP contribution in [0.5, 0.6) is 5.88 Å². The van der Waals surface area contributed by atoms with Crippen LogP contribution >= 0.6 is 0 Å². The average Bonchev–Trinajstić information content (AvgIpc) is 3.42. The third kappa shape index (κ3) is 8.14. The van der Waals surface area contributed by atoms with E-state index in [4.69, 9.17) is 14.0 Å². The lowest BCUT2D eigenvalue weighted by Gasteiger charge is -2.34. The summed E-state index contributed by atoms with van der Waals surface area (Å²) in [5.41, 5.74) is 5.41. The van der Waals surface area contributed by atoms with Crippen LogP contribution in [0.25, 0.3) is 0 Å². The van der Waals surface area contributed by atoms with Crippen molar-refractivity contribution in [3.8, 4) is 5.88 Å². The Morgan fingerprint density at radius 2 is 1.70 bits per heavy atom. The van der Waals surface area contributed by atoms with Crippen LogP contribution in [-0.4, -0.2) is 112 Å². The monoisotopic (exact) mass is 681 g/mol. The number of aromatic nitrogens is 1. The van der Waals surface area contributed by atoms with E-state index in [1.54, 1.807) is 31.4 Å². The molecule has 1 amide bonds. The molecule has 2 atom stereocenters. The van der Waals surface area contributed by atoms with Crippen LogP contribution in [0.15, 0.2) is 63.8 Å². The number of rotatable bonds is 11. The van der Waals surface area contributed by atoms with Crippen LogP contribution in [0.2, 0.25) is 0 Å². The summed E-state index contributed by atoms with van der Waals surface area (Å²) < 4.78 is 68.6. The first kappa shape index (κ1) is 35.5. The molecule has 4 heterocycles. The Bertz CT molecular complexity index is 1600. The molecule has 4 N–H and O–H groups in total. The van der Waals surface area contributed by atoms with Gasteiger partial charge in [0.2, 0.25) is 21.8 Å². The van der Waals surface area contributed by atoms with E-state index in [9.17, 15) is 21.6 Å². The van der Waals surface area contributed by atoms with Gasteiger partial charge >= 0.3 is 0 Å². The van der Waals surface area contributed by atoms with Crippen LogP contribution in [0.4, 0.5) is 0 Å². The number of hydrogen-bond donors (Lipinski definition) is 4. The number of ether oxygens (including phenoxy) is 2. The summed E-state index contributed by atoms with van der Waals surface area (Å²) >= 11 is 0. The van der Waals surface area contributed by atoms with Gasteiger partial charge in [0, 0.05) is 33.3 Å². The van der Waals surface area contributed by atoms with Gasteiger partial charge in [0.15, 0.2) is 0 Å². The first-order valence-electron chi connectivity index (χ1n) is 15.1. The fourth-order valence-electron chi connectivity index (χ4n) is 5.38. The van der Waals surface area contributed by atoms with Crippen LogP contribution in [0, 0.1) is 0 Å². The lowest BCUT2D eigenvalue weighted by atomic mass is 10.1. The smallest absolute Gasteiger partial charge is 0.294 e. The number of amides is 1. The molecular weight excluding hydrogens is 638 g/mol. The van der Waals surface area contributed by atoms with Crippen molar-refractivity contribution in [3.63, 3.8) is 0 Å². The number of pyridine rings is 1. The van der Waals surface area contributed by atoms with Crippen molar-refractivity contribution in [2.75, 3.05) is 59.6 Å². The van der Waals surface area contributed by atoms with Gasteiger partial charge in [0.25, 0.3) is 10.1 Å². The Balaban J connectivity index is 0.000000409. The number of hydrogen-bond acceptors (Lipinski definition) is 12. The predicted molar refractivity (Wildman–Crippen MR) is 169 cm³/mol. The largest absolute Gasteiger partial charge is 0.478 e. The van der Waals surface area contributed by atoms with Gasteiger partial charge in [-0.25, -0.2) is 18.8 Å². The van der Waals surface area contributed by atoms with Gasteiger partial charge in [-0.1, -0.05) is 32.0 Å². The van der Waals surface area contributed by atoms with Gasteiger partial charge in [-0.2, -0.15) is 12.7 Å². The Kier molecular flexibility index (Phi) is 12.0. The highest BCUT2D eigenvalue weighted by molar-refractivity contribution is 7.89. The number of carbonyl (C=O) groups is 1. The SMILES string of the molecule is CCOc1ncc(S(=O)(=O)N2CCN(CC)CC2)cc1C1NC(=O)C2NN(CCOC)C(CC)=C2N1.O=S(=O)(O)c1ccccc1. The van der Waals surface area contributed by atoms with Crippen LogP contribution in [0.1, 0.15) is 38.9 Å². The topological polar surface area (TPSA) is 183 Å². The number of carbonyl (C=O) groups excluding carboxylic acids is 1. The molecule has 1 aromatic carbocycles. The summed E-state index contributed by atoms with van der Waals surface area (Å²) in [6.45, 7) is 10.5. The van der Waals surface area contributed by atoms with Gasteiger partial charge in [-0.3, -0.25) is 9.35 Å². The normalized spacial score (nSPS) is 20.8. The molecule has 0 saturated carbocycles. The number of sulfonamides is 1. The molecule has 0 aliphatic carbocycles. The van der Waals surface area contributed by atoms with E-state index in [0.717, 1.165) is 17.9 Å². The molecule has 46 heavy (non-hydrogen) atoms. The quantitative estimate of drug-likeness (QED) is 0.246. The van der Waals surface area contributed by atoms with Crippen LogP contribution < -0.4 is 20.8 Å². The number of nitrogens with one attached hydrogen (secondary N) is 3. The highest BCUT2D eigenvalue weighted by Gasteiger charge is 2.42. The molecule has 15 nitrogen and oxygen atoms in total. The number of likely N-dealkylation sites (N-methyl/N-ethyl adjacent to an activating group) is 1. The minimum atomic E-state index is -4.00. The molecule has 1 aromatic heterocycles. The van der Waals surface area contributed by atoms with Crippen molar-refractivity contribution >= 4 is 26.0 Å². The molecule has 5 rings (SSSR count). The van der Waals surface area contributed by atoms with Crippen molar-refractivity contribution in [3.05, 3.63) is 59.6 Å². The van der Waals surface area contributed by atoms with Crippen molar-refractivity contribution in [1.29, 1.82) is 0 Å². The highest BCUT2D eigenvalue weighted by Crippen LogP contribution is 2.32. The summed E-state index contributed by atoms with van der Waals surface area (Å²) in [6, 6.07) is 8.43. The Morgan fingerprint density at radius 3 is 2.26 bits per heavy atom. The first-order valence-corrected chi connectivity index (χ1v) is 18.0. The molecule has 0 spiro atoms. The summed E-state index contributed by atoms with van der Waals surface area (Å²) in [7, 11) is -6.12. The van der Waals surface area contributed by atoms with E-state index >= 15 is 0 Å². The fraction of sp³-hybridized carbons (Fsp3) is 0.517. The summed E-state index contributed by atoms with van der Waals surface area (Å²) in [6.07, 6.45) is 1.34. The van der Waals surface area contributed by atoms with E-state index < -0.39 is 32.3 Å². The third-order valence-corrected chi connectivity index (χ3v) is 10.5. The number of fused-ring (bicyclic) bond motifs is 1. The molecule has 2 saturated heterocycles. The second kappa shape index (κ2) is 15.5. The molecule has 3 aliphatic heterocycles. The van der Waals surface area contributed by atoms with Gasteiger partial charge in [-0.15, -0.1) is 0 Å². The number of allylic oxidation sites excluding steroid dienone is 1. The van der Waals surface area contributed by atoms with Crippen LogP contribution in [-0.2, 0) is 29.7 Å². The first-order chi connectivity index (χ1) is 21.9. The number of hydrazine groups is 1. The Hall–Kier alpha value is -3.32. The summed E-state index contributed by atoms with van der Waals surface area (Å²) in [5.74, 6) is 0.0651. The minimum absolute atomic E-state index is 0.0741. The zero-order chi connectivity index (χ0) is 33.5. The van der Waals surface area contributed by atoms with Crippen molar-refractivity contribution < 1.29 is 35.7 Å². The number of benzene rings is 1. The van der Waals surface area contributed by atoms with E-state index in [1.807, 2.05) is 18.9 Å². The molecule has 0 bridgehead atoms. The third-order valence-electron chi connectivity index (χ3n) is 7.82. The molecule has 2 aromatic rings. The Morgan fingerprint density at radius 1 is 1.00 bits per heavy atom. The molecule has 3 aliphatic rings. The van der Waals surface area contributed by atoms with Crippen molar-refractivity contribution in [1.82, 2.24) is 35.3 Å². The molecule has 2 fully saturated rings. The van der Waals surface area contributed by atoms with Gasteiger partial charge in [-0.05, 0) is 38.1 Å². The van der Waals surface area contributed by atoms with E-state index in [0.29, 0.717) is 57.9 Å². The van der Waals surface area contributed by atoms with E-state index in [-0.39, 0.29) is 21.6 Å². The van der Waals surface area contributed by atoms with Crippen molar-refractivity contribution in [2.24, 2.45) is 0 Å². The second-order valence-electron chi connectivity index (χ2n) is 10.6. The number of nitrogens with zero attached hydrogens (tertiary/aromatic N) is 4. The van der Waals surface area contributed by atoms with Crippen molar-refractivity contribution in [2.45, 2.75) is 49.2 Å². The molecule has 17 heteroatoms. The van der Waals surface area contributed by atoms with Gasteiger partial charge < -0.3 is 30.0 Å². The standard InChI is InChI=1S/C23H37N7O5S.C6H6O3S/c1-5-18-19-20(27-30(18)12-13-34-4)22(31)26-21(25-19)17-14-16(15-24-23(17)35-7-3)36(32,33)29-10-8-28(6-2)9-11-29;7-10(8,9)6-4-2-1-3-5-6/h14-15,20-21,25,27H,5-13H2,1-4H3,(H,26,31);1-5H,(H,7,8,9). The van der Waals surface area contributed by atoms with E-state index in [2.05, 4.69) is 32.9 Å². The molecular formula is C29H43N7O8S2. The van der Waals surface area contributed by atoms with Crippen LogP contribution in [0.3, 0.4) is 0 Å². The lowest BCUT2D eigenvalue weighted by molar-refractivity contribution is -0.125. The maximum absolute atomic E-state index is 13.5. The maximum atomic E-state index is 13.5. The van der Waals surface area contributed by atoms with Gasteiger partial charge in [0.05, 0.1) is 47.8 Å². The number of methoxy groups -OCH3 is 1. The molecule has 2 unspecified atom stereocenters. The van der Waals surface area contributed by atoms with Gasteiger partial charge in [0.1, 0.15) is 17.1 Å².